The van der Waals surface area contributed by atoms with E-state index < -0.39 is 11.8 Å². The van der Waals surface area contributed by atoms with Crippen LogP contribution >= 0.6 is 11.8 Å². The van der Waals surface area contributed by atoms with Crippen molar-refractivity contribution < 1.29 is 23.9 Å². The molecule has 2 N–H and O–H groups in total. The van der Waals surface area contributed by atoms with Crippen molar-refractivity contribution in [2.45, 2.75) is 4.90 Å². The van der Waals surface area contributed by atoms with Gasteiger partial charge in [0.15, 0.2) is 17.3 Å². The van der Waals surface area contributed by atoms with E-state index in [0.29, 0.717) is 33.9 Å². The normalized spacial score (nSPS) is 12.1. The molecule has 0 fully saturated rings. The zero-order chi connectivity index (χ0) is 27.0. The number of ether oxygens (including phenoxy) is 2. The van der Waals surface area contributed by atoms with Gasteiger partial charge in [0.2, 0.25) is 6.79 Å². The molecule has 39 heavy (non-hydrogen) atoms. The predicted octanol–water partition coefficient (Wildman–Crippen LogP) is 5.19. The second-order valence-corrected chi connectivity index (χ2v) is 9.48. The van der Waals surface area contributed by atoms with Gasteiger partial charge < -0.3 is 20.1 Å². The molecule has 5 rings (SSSR count). The first kappa shape index (κ1) is 25.7. The third kappa shape index (κ3) is 6.71. The molecule has 0 aliphatic carbocycles. The third-order valence-corrected chi connectivity index (χ3v) is 6.67. The maximum Gasteiger partial charge on any atom is 0.272 e. The monoisotopic (exact) mass is 537 g/mol. The lowest BCUT2D eigenvalue weighted by Crippen LogP contribution is -2.30. The van der Waals surface area contributed by atoms with Gasteiger partial charge in [0.1, 0.15) is 5.70 Å². The van der Waals surface area contributed by atoms with Gasteiger partial charge in [-0.2, -0.15) is 0 Å². The minimum atomic E-state index is -0.498. The van der Waals surface area contributed by atoms with Crippen LogP contribution in [0.5, 0.6) is 11.5 Å². The number of rotatable bonds is 9. The first-order valence-electron chi connectivity index (χ1n) is 12.0. The average Bonchev–Trinajstić information content (AvgIpc) is 3.45. The number of hydrogen-bond acceptors (Lipinski definition) is 7. The van der Waals surface area contributed by atoms with E-state index in [2.05, 4.69) is 15.6 Å². The van der Waals surface area contributed by atoms with Gasteiger partial charge in [-0.3, -0.25) is 19.4 Å². The fourth-order valence-corrected chi connectivity index (χ4v) is 4.58. The van der Waals surface area contributed by atoms with Gasteiger partial charge in [0.25, 0.3) is 11.8 Å². The largest absolute Gasteiger partial charge is 0.454 e. The van der Waals surface area contributed by atoms with Crippen molar-refractivity contribution in [3.05, 3.63) is 120 Å². The SMILES string of the molecule is O=C(Nc1cccc(SCC(=O)c2ccc3c(c2)OCO3)c1)/C(=C/c1cccnc1)NC(=O)c1ccccc1. The third-order valence-electron chi connectivity index (χ3n) is 5.68. The van der Waals surface area contributed by atoms with E-state index in [0.717, 1.165) is 4.90 Å². The Bertz CT molecular complexity index is 1540. The molecule has 1 aromatic heterocycles. The molecule has 8 nitrogen and oxygen atoms in total. The Hall–Kier alpha value is -4.89. The summed E-state index contributed by atoms with van der Waals surface area (Å²) >= 11 is 1.35. The molecule has 0 radical (unpaired) electrons. The first-order valence-corrected chi connectivity index (χ1v) is 13.0. The molecule has 0 saturated heterocycles. The van der Waals surface area contributed by atoms with Gasteiger partial charge >= 0.3 is 0 Å². The second-order valence-electron chi connectivity index (χ2n) is 8.43. The van der Waals surface area contributed by atoms with Crippen molar-refractivity contribution in [3.63, 3.8) is 0 Å². The molecular weight excluding hydrogens is 514 g/mol. The topological polar surface area (TPSA) is 107 Å². The van der Waals surface area contributed by atoms with Gasteiger partial charge in [-0.25, -0.2) is 0 Å². The number of anilines is 1. The predicted molar refractivity (Wildman–Crippen MR) is 149 cm³/mol. The van der Waals surface area contributed by atoms with E-state index in [-0.39, 0.29) is 24.0 Å². The summed E-state index contributed by atoms with van der Waals surface area (Å²) in [7, 11) is 0. The van der Waals surface area contributed by atoms with E-state index in [9.17, 15) is 14.4 Å². The van der Waals surface area contributed by atoms with E-state index in [1.807, 2.05) is 12.1 Å². The number of carbonyl (C=O) groups is 3. The van der Waals surface area contributed by atoms with Gasteiger partial charge in [-0.15, -0.1) is 11.8 Å². The molecule has 9 heteroatoms. The maximum atomic E-state index is 13.2. The summed E-state index contributed by atoms with van der Waals surface area (Å²) in [4.78, 5) is 43.6. The van der Waals surface area contributed by atoms with Crippen LogP contribution in [0.2, 0.25) is 0 Å². The summed E-state index contributed by atoms with van der Waals surface area (Å²) in [5.41, 5.74) is 2.20. The van der Waals surface area contributed by atoms with Crippen LogP contribution in [0.1, 0.15) is 26.3 Å². The molecule has 2 heterocycles. The highest BCUT2D eigenvalue weighted by molar-refractivity contribution is 8.00. The van der Waals surface area contributed by atoms with Crippen molar-refractivity contribution in [3.8, 4) is 11.5 Å². The van der Waals surface area contributed by atoms with Crippen molar-refractivity contribution in [2.75, 3.05) is 17.9 Å². The summed E-state index contributed by atoms with van der Waals surface area (Å²) in [6.07, 6.45) is 4.78. The Kier molecular flexibility index (Phi) is 7.99. The number of Topliss-reactive ketones (excluding diaryl/α,β-unsaturated/α-hetero) is 1. The molecule has 0 bridgehead atoms. The Labute approximate surface area is 229 Å². The number of amides is 2. The van der Waals surface area contributed by atoms with Gasteiger partial charge in [0.05, 0.1) is 5.75 Å². The van der Waals surface area contributed by atoms with E-state index >= 15 is 0 Å². The van der Waals surface area contributed by atoms with Crippen LogP contribution in [0, 0.1) is 0 Å². The van der Waals surface area contributed by atoms with Crippen LogP contribution in [-0.2, 0) is 4.79 Å². The summed E-state index contributed by atoms with van der Waals surface area (Å²) in [6.45, 7) is 0.148. The van der Waals surface area contributed by atoms with Crippen LogP contribution in [0.4, 0.5) is 5.69 Å². The summed E-state index contributed by atoms with van der Waals surface area (Å²) in [6, 6.07) is 24.4. The number of benzene rings is 3. The molecule has 0 atom stereocenters. The number of nitrogens with zero attached hydrogens (tertiary/aromatic N) is 1. The van der Waals surface area contributed by atoms with Gasteiger partial charge in [0, 0.05) is 34.1 Å². The number of fused-ring (bicyclic) bond motifs is 1. The minimum Gasteiger partial charge on any atom is -0.454 e. The standard InChI is InChI=1S/C30H23N3O5S/c34-26(22-11-12-27-28(15-22)38-19-37-27)18-39-24-10-4-9-23(16-24)32-30(36)25(14-20-6-5-13-31-17-20)33-29(35)21-7-2-1-3-8-21/h1-17H,18-19H2,(H,32,36)(H,33,35)/b25-14-. The Balaban J connectivity index is 1.27. The summed E-state index contributed by atoms with van der Waals surface area (Å²) in [5, 5.41) is 5.54. The smallest absolute Gasteiger partial charge is 0.272 e. The highest BCUT2D eigenvalue weighted by atomic mass is 32.2. The molecule has 0 unspecified atom stereocenters. The summed E-state index contributed by atoms with van der Waals surface area (Å²) in [5.74, 6) is 0.424. The van der Waals surface area contributed by atoms with Gasteiger partial charge in [-0.05, 0) is 66.2 Å². The van der Waals surface area contributed by atoms with Crippen molar-refractivity contribution in [1.29, 1.82) is 0 Å². The molecular formula is C30H23N3O5S. The lowest BCUT2D eigenvalue weighted by Gasteiger charge is -2.12. The number of hydrogen-bond donors (Lipinski definition) is 2. The molecule has 4 aromatic rings. The number of nitrogens with one attached hydrogen (secondary N) is 2. The van der Waals surface area contributed by atoms with Gasteiger partial charge in [-0.1, -0.05) is 30.3 Å². The lowest BCUT2D eigenvalue weighted by molar-refractivity contribution is -0.113. The fourth-order valence-electron chi connectivity index (χ4n) is 3.73. The van der Waals surface area contributed by atoms with Crippen molar-refractivity contribution in [1.82, 2.24) is 10.3 Å². The molecule has 0 spiro atoms. The maximum absolute atomic E-state index is 13.2. The van der Waals surface area contributed by atoms with Crippen LogP contribution in [0.25, 0.3) is 6.08 Å². The quantitative estimate of drug-likeness (QED) is 0.172. The zero-order valence-corrected chi connectivity index (χ0v) is 21.4. The van der Waals surface area contributed by atoms with Crippen LogP contribution in [-0.4, -0.2) is 35.1 Å². The molecule has 0 saturated carbocycles. The number of aromatic nitrogens is 1. The summed E-state index contributed by atoms with van der Waals surface area (Å²) < 4.78 is 10.7. The lowest BCUT2D eigenvalue weighted by atomic mass is 10.1. The molecule has 1 aliphatic rings. The van der Waals surface area contributed by atoms with E-state index in [1.165, 1.54) is 11.8 Å². The minimum absolute atomic E-state index is 0.0574. The van der Waals surface area contributed by atoms with Crippen LogP contribution in [0.15, 0.2) is 108 Å². The van der Waals surface area contributed by atoms with Crippen LogP contribution in [0.3, 0.4) is 0 Å². The molecule has 2 amide bonds. The number of carbonyl (C=O) groups excluding carboxylic acids is 3. The first-order chi connectivity index (χ1) is 19.0. The van der Waals surface area contributed by atoms with Crippen molar-refractivity contribution >= 4 is 41.1 Å². The molecule has 3 aromatic carbocycles. The number of thioether (sulfide) groups is 1. The highest BCUT2D eigenvalue weighted by Gasteiger charge is 2.17. The average molecular weight is 538 g/mol. The van der Waals surface area contributed by atoms with Crippen molar-refractivity contribution in [2.24, 2.45) is 0 Å². The Morgan fingerprint density at radius 3 is 2.54 bits per heavy atom. The zero-order valence-electron chi connectivity index (χ0n) is 20.6. The second kappa shape index (κ2) is 12.1. The Morgan fingerprint density at radius 1 is 0.872 bits per heavy atom. The fraction of sp³-hybridized carbons (Fsp3) is 0.0667. The van der Waals surface area contributed by atoms with Crippen LogP contribution < -0.4 is 20.1 Å². The van der Waals surface area contributed by atoms with E-state index in [1.54, 1.807) is 91.3 Å². The Morgan fingerprint density at radius 2 is 1.72 bits per heavy atom. The highest BCUT2D eigenvalue weighted by Crippen LogP contribution is 2.33. The molecule has 1 aliphatic heterocycles. The molecule has 194 valence electrons. The van der Waals surface area contributed by atoms with E-state index in [4.69, 9.17) is 9.47 Å². The number of ketones is 1. The number of pyridine rings is 1.